The van der Waals surface area contributed by atoms with Crippen molar-refractivity contribution in [2.45, 2.75) is 58.3 Å². The summed E-state index contributed by atoms with van der Waals surface area (Å²) in [5.41, 5.74) is 3.27. The van der Waals surface area contributed by atoms with Crippen molar-refractivity contribution in [2.24, 2.45) is 5.41 Å². The van der Waals surface area contributed by atoms with Gasteiger partial charge in [0.2, 0.25) is 0 Å². The van der Waals surface area contributed by atoms with Gasteiger partial charge in [-0.25, -0.2) is 4.39 Å². The van der Waals surface area contributed by atoms with Crippen LogP contribution in [-0.2, 0) is 0 Å². The minimum atomic E-state index is -0.161. The van der Waals surface area contributed by atoms with Crippen LogP contribution >= 0.6 is 11.6 Å². The van der Waals surface area contributed by atoms with E-state index < -0.39 is 0 Å². The van der Waals surface area contributed by atoms with Crippen LogP contribution < -0.4 is 0 Å². The van der Waals surface area contributed by atoms with Crippen molar-refractivity contribution in [1.29, 1.82) is 0 Å². The standard InChI is InChI=1S/C16H22ClF/c1-11-9-13(18)10-12(2)14(11)15(17)16(3)7-5-4-6-8-16/h9-10,15H,4-8H2,1-3H3. The molecule has 1 saturated carbocycles. The first-order chi connectivity index (χ1) is 8.44. The molecule has 0 spiro atoms. The highest BCUT2D eigenvalue weighted by atomic mass is 35.5. The second kappa shape index (κ2) is 5.21. The van der Waals surface area contributed by atoms with Gasteiger partial charge in [0, 0.05) is 0 Å². The van der Waals surface area contributed by atoms with E-state index in [9.17, 15) is 4.39 Å². The van der Waals surface area contributed by atoms with Crippen LogP contribution in [0, 0.1) is 25.1 Å². The Balaban J connectivity index is 2.36. The summed E-state index contributed by atoms with van der Waals surface area (Å²) in [6.07, 6.45) is 6.20. The van der Waals surface area contributed by atoms with Crippen molar-refractivity contribution in [3.05, 3.63) is 34.6 Å². The van der Waals surface area contributed by atoms with Gasteiger partial charge in [-0.15, -0.1) is 11.6 Å². The highest BCUT2D eigenvalue weighted by Crippen LogP contribution is 2.50. The van der Waals surface area contributed by atoms with Crippen molar-refractivity contribution in [1.82, 2.24) is 0 Å². The summed E-state index contributed by atoms with van der Waals surface area (Å²) >= 11 is 6.77. The fourth-order valence-corrected chi connectivity index (χ4v) is 3.85. The summed E-state index contributed by atoms with van der Waals surface area (Å²) in [5, 5.41) is -0.00148. The minimum absolute atomic E-state index is 0.00148. The SMILES string of the molecule is Cc1cc(F)cc(C)c1C(Cl)C1(C)CCCCC1. The minimum Gasteiger partial charge on any atom is -0.207 e. The molecule has 0 amide bonds. The van der Waals surface area contributed by atoms with Crippen molar-refractivity contribution in [2.75, 3.05) is 0 Å². The second-order valence-electron chi connectivity index (χ2n) is 6.03. The van der Waals surface area contributed by atoms with Crippen molar-refractivity contribution in [3.63, 3.8) is 0 Å². The number of alkyl halides is 1. The number of hydrogen-bond acceptors (Lipinski definition) is 0. The molecule has 0 saturated heterocycles. The van der Waals surface area contributed by atoms with E-state index in [2.05, 4.69) is 6.92 Å². The zero-order valence-electron chi connectivity index (χ0n) is 11.5. The molecule has 1 atom stereocenters. The predicted octanol–water partition coefficient (Wildman–Crippen LogP) is 5.69. The summed E-state index contributed by atoms with van der Waals surface area (Å²) in [6, 6.07) is 3.20. The van der Waals surface area contributed by atoms with Gasteiger partial charge in [-0.05, 0) is 60.9 Å². The quantitative estimate of drug-likeness (QED) is 0.604. The number of benzene rings is 1. The van der Waals surface area contributed by atoms with Gasteiger partial charge in [0.15, 0.2) is 0 Å². The lowest BCUT2D eigenvalue weighted by Gasteiger charge is -2.39. The van der Waals surface area contributed by atoms with E-state index >= 15 is 0 Å². The van der Waals surface area contributed by atoms with Crippen LogP contribution in [0.5, 0.6) is 0 Å². The van der Waals surface area contributed by atoms with Crippen LogP contribution in [0.25, 0.3) is 0 Å². The van der Waals surface area contributed by atoms with Crippen LogP contribution in [0.2, 0.25) is 0 Å². The van der Waals surface area contributed by atoms with Gasteiger partial charge in [-0.2, -0.15) is 0 Å². The van der Waals surface area contributed by atoms with Gasteiger partial charge in [0.25, 0.3) is 0 Å². The van der Waals surface area contributed by atoms with E-state index in [1.165, 1.54) is 32.1 Å². The lowest BCUT2D eigenvalue weighted by atomic mass is 9.70. The number of aryl methyl sites for hydroxylation is 2. The molecule has 0 aromatic heterocycles. The highest BCUT2D eigenvalue weighted by Gasteiger charge is 2.36. The zero-order valence-corrected chi connectivity index (χ0v) is 12.3. The lowest BCUT2D eigenvalue weighted by molar-refractivity contribution is 0.206. The Morgan fingerprint density at radius 3 is 2.11 bits per heavy atom. The topological polar surface area (TPSA) is 0 Å². The monoisotopic (exact) mass is 268 g/mol. The molecule has 1 fully saturated rings. The molecular formula is C16H22ClF. The first-order valence-corrected chi connectivity index (χ1v) is 7.28. The maximum Gasteiger partial charge on any atom is 0.123 e. The van der Waals surface area contributed by atoms with E-state index in [-0.39, 0.29) is 16.6 Å². The summed E-state index contributed by atoms with van der Waals surface area (Å²) in [7, 11) is 0. The average molecular weight is 269 g/mol. The van der Waals surface area contributed by atoms with E-state index in [1.807, 2.05) is 13.8 Å². The molecule has 0 aliphatic heterocycles. The molecule has 0 radical (unpaired) electrons. The third kappa shape index (κ3) is 2.56. The molecule has 1 aliphatic carbocycles. The van der Waals surface area contributed by atoms with E-state index in [0.29, 0.717) is 0 Å². The predicted molar refractivity (Wildman–Crippen MR) is 75.7 cm³/mol. The first-order valence-electron chi connectivity index (χ1n) is 6.85. The van der Waals surface area contributed by atoms with Crippen molar-refractivity contribution < 1.29 is 4.39 Å². The molecule has 1 aromatic carbocycles. The molecule has 2 heteroatoms. The fourth-order valence-electron chi connectivity index (χ4n) is 3.28. The molecule has 1 aliphatic rings. The highest BCUT2D eigenvalue weighted by molar-refractivity contribution is 6.21. The van der Waals surface area contributed by atoms with Crippen LogP contribution in [-0.4, -0.2) is 0 Å². The Morgan fingerprint density at radius 1 is 1.11 bits per heavy atom. The summed E-state index contributed by atoms with van der Waals surface area (Å²) in [5.74, 6) is -0.161. The van der Waals surface area contributed by atoms with E-state index in [4.69, 9.17) is 11.6 Å². The smallest absolute Gasteiger partial charge is 0.123 e. The fraction of sp³-hybridized carbons (Fsp3) is 0.625. The second-order valence-corrected chi connectivity index (χ2v) is 6.47. The van der Waals surface area contributed by atoms with Gasteiger partial charge in [-0.3, -0.25) is 0 Å². The molecule has 1 aromatic rings. The Hall–Kier alpha value is -0.560. The average Bonchev–Trinajstić information content (AvgIpc) is 2.28. The molecule has 0 heterocycles. The summed E-state index contributed by atoms with van der Waals surface area (Å²) < 4.78 is 13.4. The molecule has 2 rings (SSSR count). The van der Waals surface area contributed by atoms with E-state index in [0.717, 1.165) is 16.7 Å². The van der Waals surface area contributed by atoms with Gasteiger partial charge in [-0.1, -0.05) is 26.2 Å². The Morgan fingerprint density at radius 2 is 1.61 bits per heavy atom. The van der Waals surface area contributed by atoms with Crippen LogP contribution in [0.4, 0.5) is 4.39 Å². The molecular weight excluding hydrogens is 247 g/mol. The third-order valence-electron chi connectivity index (χ3n) is 4.42. The van der Waals surface area contributed by atoms with Gasteiger partial charge in [0.05, 0.1) is 5.38 Å². The molecule has 0 bridgehead atoms. The van der Waals surface area contributed by atoms with Crippen molar-refractivity contribution in [3.8, 4) is 0 Å². The molecule has 18 heavy (non-hydrogen) atoms. The number of rotatable bonds is 2. The van der Waals surface area contributed by atoms with Gasteiger partial charge in [0.1, 0.15) is 5.82 Å². The first kappa shape index (κ1) is 13.9. The normalized spacial score (nSPS) is 20.7. The molecule has 0 nitrogen and oxygen atoms in total. The van der Waals surface area contributed by atoms with Crippen LogP contribution in [0.1, 0.15) is 61.1 Å². The Kier molecular flexibility index (Phi) is 4.01. The molecule has 100 valence electrons. The number of halogens is 2. The zero-order chi connectivity index (χ0) is 13.3. The lowest BCUT2D eigenvalue weighted by Crippen LogP contribution is -2.26. The van der Waals surface area contributed by atoms with Crippen molar-refractivity contribution >= 4 is 11.6 Å². The van der Waals surface area contributed by atoms with Crippen LogP contribution in [0.3, 0.4) is 0 Å². The van der Waals surface area contributed by atoms with Gasteiger partial charge >= 0.3 is 0 Å². The summed E-state index contributed by atoms with van der Waals surface area (Å²) in [6.45, 7) is 6.21. The Bertz CT molecular complexity index is 410. The number of hydrogen-bond donors (Lipinski definition) is 0. The van der Waals surface area contributed by atoms with Crippen LogP contribution in [0.15, 0.2) is 12.1 Å². The molecule has 1 unspecified atom stereocenters. The van der Waals surface area contributed by atoms with Gasteiger partial charge < -0.3 is 0 Å². The summed E-state index contributed by atoms with van der Waals surface area (Å²) in [4.78, 5) is 0. The maximum absolute atomic E-state index is 13.4. The molecule has 0 N–H and O–H groups in total. The Labute approximate surface area is 115 Å². The largest absolute Gasteiger partial charge is 0.207 e. The maximum atomic E-state index is 13.4. The van der Waals surface area contributed by atoms with E-state index in [1.54, 1.807) is 12.1 Å². The third-order valence-corrected chi connectivity index (χ3v) is 5.16.